The van der Waals surface area contributed by atoms with Crippen LogP contribution >= 0.6 is 11.6 Å². The molecule has 3 unspecified atom stereocenters. The van der Waals surface area contributed by atoms with E-state index in [0.717, 1.165) is 42.8 Å². The molecule has 1 aromatic heterocycles. The van der Waals surface area contributed by atoms with E-state index in [4.69, 9.17) is 16.6 Å². The number of aromatic nitrogens is 1. The first-order chi connectivity index (χ1) is 17.9. The number of hydrogen-bond acceptors (Lipinski definition) is 2. The fourth-order valence-corrected chi connectivity index (χ4v) is 8.87. The van der Waals surface area contributed by atoms with Crippen molar-refractivity contribution in [2.75, 3.05) is 0 Å². The average molecular weight is 510 g/mol. The van der Waals surface area contributed by atoms with Gasteiger partial charge in [0.2, 0.25) is 0 Å². The molecule has 0 radical (unpaired) electrons. The largest absolute Gasteiger partial charge is 0.393 e. The fourth-order valence-electron chi connectivity index (χ4n) is 8.75. The number of pyridine rings is 1. The van der Waals surface area contributed by atoms with Gasteiger partial charge in [0.1, 0.15) is 0 Å². The van der Waals surface area contributed by atoms with Crippen molar-refractivity contribution in [2.24, 2.45) is 23.2 Å². The monoisotopic (exact) mass is 509 g/mol. The van der Waals surface area contributed by atoms with Crippen LogP contribution in [0.1, 0.15) is 63.6 Å². The molecule has 190 valence electrons. The molecule has 6 atom stereocenters. The maximum absolute atomic E-state index is 10.4. The van der Waals surface area contributed by atoms with Gasteiger partial charge in [0.05, 0.1) is 17.5 Å². The van der Waals surface area contributed by atoms with Crippen molar-refractivity contribution in [1.29, 1.82) is 0 Å². The zero-order chi connectivity index (χ0) is 25.4. The zero-order valence-corrected chi connectivity index (χ0v) is 22.6. The van der Waals surface area contributed by atoms with Crippen molar-refractivity contribution < 1.29 is 5.11 Å². The summed E-state index contributed by atoms with van der Waals surface area (Å²) in [6, 6.07) is 21.3. The Labute approximate surface area is 225 Å². The molecule has 37 heavy (non-hydrogen) atoms. The van der Waals surface area contributed by atoms with Gasteiger partial charge in [-0.05, 0) is 103 Å². The summed E-state index contributed by atoms with van der Waals surface area (Å²) in [4.78, 5) is 5.46. The first-order valence-electron chi connectivity index (χ1n) is 14.1. The van der Waals surface area contributed by atoms with E-state index >= 15 is 0 Å². The van der Waals surface area contributed by atoms with Crippen molar-refractivity contribution in [3.05, 3.63) is 88.6 Å². The number of halogens is 1. The minimum Gasteiger partial charge on any atom is -0.393 e. The van der Waals surface area contributed by atoms with E-state index in [1.165, 1.54) is 46.4 Å². The maximum atomic E-state index is 10.4. The van der Waals surface area contributed by atoms with Crippen molar-refractivity contribution in [3.63, 3.8) is 0 Å². The molecule has 1 heterocycles. The van der Waals surface area contributed by atoms with Crippen LogP contribution in [0.15, 0.2) is 72.3 Å². The minimum atomic E-state index is -0.150. The van der Waals surface area contributed by atoms with Crippen LogP contribution in [0.5, 0.6) is 0 Å². The summed E-state index contributed by atoms with van der Waals surface area (Å²) >= 11 is 6.29. The number of aliphatic hydroxyl groups is 1. The van der Waals surface area contributed by atoms with Gasteiger partial charge in [-0.15, -0.1) is 0 Å². The molecule has 0 spiro atoms. The molecule has 2 saturated carbocycles. The van der Waals surface area contributed by atoms with Crippen molar-refractivity contribution in [2.45, 2.75) is 70.3 Å². The predicted molar refractivity (Wildman–Crippen MR) is 152 cm³/mol. The third-order valence-corrected chi connectivity index (χ3v) is 11.0. The highest BCUT2D eigenvalue weighted by Crippen LogP contribution is 2.64. The lowest BCUT2D eigenvalue weighted by Gasteiger charge is -2.57. The number of rotatable bonds is 2. The van der Waals surface area contributed by atoms with E-state index in [1.54, 1.807) is 0 Å². The Kier molecular flexibility index (Phi) is 5.47. The molecule has 2 nitrogen and oxygen atoms in total. The third-order valence-electron chi connectivity index (χ3n) is 10.8. The summed E-state index contributed by atoms with van der Waals surface area (Å²) in [5.74, 6) is 1.99. The second-order valence-electron chi connectivity index (χ2n) is 12.6. The summed E-state index contributed by atoms with van der Waals surface area (Å²) in [7, 11) is 0. The number of nitrogens with zero attached hydrogens (tertiary/aromatic N) is 1. The van der Waals surface area contributed by atoms with Gasteiger partial charge in [0, 0.05) is 16.0 Å². The van der Waals surface area contributed by atoms with Gasteiger partial charge in [0.15, 0.2) is 0 Å². The molecule has 3 heteroatoms. The molecule has 4 aliphatic carbocycles. The van der Waals surface area contributed by atoms with E-state index in [9.17, 15) is 5.11 Å². The predicted octanol–water partition coefficient (Wildman–Crippen LogP) is 8.41. The van der Waals surface area contributed by atoms with E-state index in [-0.39, 0.29) is 16.9 Å². The number of benzene rings is 2. The van der Waals surface area contributed by atoms with E-state index in [0.29, 0.717) is 17.8 Å². The van der Waals surface area contributed by atoms with E-state index < -0.39 is 0 Å². The molecular formula is C34H36ClNO. The van der Waals surface area contributed by atoms with Crippen LogP contribution in [-0.2, 0) is 11.8 Å². The summed E-state index contributed by atoms with van der Waals surface area (Å²) in [6.45, 7) is 5.02. The Morgan fingerprint density at radius 3 is 2.41 bits per heavy atom. The maximum Gasteiger partial charge on any atom is 0.0711 e. The van der Waals surface area contributed by atoms with Crippen LogP contribution in [0.3, 0.4) is 0 Å². The van der Waals surface area contributed by atoms with Gasteiger partial charge in [-0.3, -0.25) is 4.98 Å². The number of allylic oxidation sites excluding steroid dienone is 1. The zero-order valence-electron chi connectivity index (χ0n) is 21.9. The molecule has 0 aliphatic heterocycles. The van der Waals surface area contributed by atoms with Crippen LogP contribution in [0.25, 0.3) is 22.4 Å². The van der Waals surface area contributed by atoms with Gasteiger partial charge in [-0.1, -0.05) is 79.6 Å². The first kappa shape index (κ1) is 23.7. The summed E-state index contributed by atoms with van der Waals surface area (Å²) in [6.07, 6.45) is 10.0. The Morgan fingerprint density at radius 2 is 1.62 bits per heavy atom. The van der Waals surface area contributed by atoms with Gasteiger partial charge in [0.25, 0.3) is 0 Å². The molecule has 1 N–H and O–H groups in total. The number of fused-ring (bicyclic) bond motifs is 7. The molecule has 0 bridgehead atoms. The van der Waals surface area contributed by atoms with E-state index in [1.807, 2.05) is 12.1 Å². The highest BCUT2D eigenvalue weighted by Gasteiger charge is 2.58. The van der Waals surface area contributed by atoms with Crippen molar-refractivity contribution in [3.8, 4) is 22.4 Å². The van der Waals surface area contributed by atoms with Crippen LogP contribution in [0, 0.1) is 23.2 Å². The third kappa shape index (κ3) is 3.59. The smallest absolute Gasteiger partial charge is 0.0711 e. The van der Waals surface area contributed by atoms with Gasteiger partial charge in [-0.2, -0.15) is 0 Å². The molecular weight excluding hydrogens is 474 g/mol. The van der Waals surface area contributed by atoms with Crippen LogP contribution in [0.2, 0.25) is 5.02 Å². The second-order valence-corrected chi connectivity index (χ2v) is 13.0. The standard InChI is InChI=1S/C34H36ClNO/c1-33-16-14-25(37)18-23(33)10-13-26-29(33)15-17-34(2)30(26)19-28-27(21-8-11-24(35)12-9-21)20-31(36-32(28)34)22-6-4-3-5-7-22/h3-12,20,25-26,29-30,37H,13-19H2,1-2H3/t25-,26?,29?,30?,33-,34-/m0/s1. The normalized spacial score (nSPS) is 34.1. The SMILES string of the molecule is C[C@]12CC[C@H](O)CC1=CCC1C2CC[C@]2(C)c3nc(-c4ccccc4)cc(-c4ccc(Cl)cc4)c3CC12. The quantitative estimate of drug-likeness (QED) is 0.352. The van der Waals surface area contributed by atoms with Gasteiger partial charge in [-0.25, -0.2) is 0 Å². The molecule has 0 amide bonds. The van der Waals surface area contributed by atoms with Crippen molar-refractivity contribution >= 4 is 11.6 Å². The first-order valence-corrected chi connectivity index (χ1v) is 14.5. The highest BCUT2D eigenvalue weighted by atomic mass is 35.5. The highest BCUT2D eigenvalue weighted by molar-refractivity contribution is 6.30. The van der Waals surface area contributed by atoms with Crippen LogP contribution in [0.4, 0.5) is 0 Å². The van der Waals surface area contributed by atoms with Gasteiger partial charge >= 0.3 is 0 Å². The van der Waals surface area contributed by atoms with Gasteiger partial charge < -0.3 is 5.11 Å². The molecule has 4 aliphatic rings. The fraction of sp³-hybridized carbons (Fsp3) is 0.441. The molecule has 2 aromatic carbocycles. The Bertz CT molecular complexity index is 1380. The summed E-state index contributed by atoms with van der Waals surface area (Å²) < 4.78 is 0. The molecule has 3 aromatic rings. The number of hydrogen-bond donors (Lipinski definition) is 1. The second kappa shape index (κ2) is 8.55. The van der Waals surface area contributed by atoms with Crippen LogP contribution < -0.4 is 0 Å². The lowest BCUT2D eigenvalue weighted by molar-refractivity contribution is -0.0169. The average Bonchev–Trinajstić information content (AvgIpc) is 3.22. The lowest BCUT2D eigenvalue weighted by Crippen LogP contribution is -2.51. The van der Waals surface area contributed by atoms with Crippen LogP contribution in [-0.4, -0.2) is 16.2 Å². The van der Waals surface area contributed by atoms with Crippen molar-refractivity contribution in [1.82, 2.24) is 4.98 Å². The number of aliphatic hydroxyl groups excluding tert-OH is 1. The lowest BCUT2D eigenvalue weighted by atomic mass is 9.48. The summed E-state index contributed by atoms with van der Waals surface area (Å²) in [5.41, 5.74) is 9.49. The molecule has 2 fully saturated rings. The summed E-state index contributed by atoms with van der Waals surface area (Å²) in [5, 5.41) is 11.2. The topological polar surface area (TPSA) is 33.1 Å². The minimum absolute atomic E-state index is 0.0956. The Hall–Kier alpha value is -2.42. The molecule has 7 rings (SSSR count). The molecule has 0 saturated heterocycles. The Morgan fingerprint density at radius 1 is 0.865 bits per heavy atom. The van der Waals surface area contributed by atoms with E-state index in [2.05, 4.69) is 68.5 Å². The Balaban J connectivity index is 1.35.